The summed E-state index contributed by atoms with van der Waals surface area (Å²) in [5.74, 6) is -0.237. The first-order valence-electron chi connectivity index (χ1n) is 10.4. The van der Waals surface area contributed by atoms with Gasteiger partial charge < -0.3 is 20.1 Å². The van der Waals surface area contributed by atoms with E-state index >= 15 is 0 Å². The maximum Gasteiger partial charge on any atom is 0.269 e. The number of non-ortho nitro benzene ring substituents is 1. The van der Waals surface area contributed by atoms with Crippen molar-refractivity contribution < 1.29 is 9.72 Å². The Morgan fingerprint density at radius 2 is 1.82 bits per heavy atom. The van der Waals surface area contributed by atoms with E-state index in [-0.39, 0.29) is 28.6 Å². The van der Waals surface area contributed by atoms with Gasteiger partial charge in [0.2, 0.25) is 3.79 Å². The molecule has 1 unspecified atom stereocenters. The minimum absolute atomic E-state index is 0.00780. The molecule has 1 aromatic carbocycles. The number of carbonyl (C=O) groups is 1. The van der Waals surface area contributed by atoms with Crippen LogP contribution in [0.1, 0.15) is 28.4 Å². The minimum atomic E-state index is -1.94. The van der Waals surface area contributed by atoms with Crippen LogP contribution in [-0.2, 0) is 6.54 Å². The van der Waals surface area contributed by atoms with Crippen molar-refractivity contribution in [3.63, 3.8) is 0 Å². The first-order chi connectivity index (χ1) is 16.0. The van der Waals surface area contributed by atoms with Crippen LogP contribution in [0, 0.1) is 16.0 Å². The number of fused-ring (bicyclic) bond motifs is 4. The molecule has 0 saturated carbocycles. The normalized spacial score (nSPS) is 20.1. The van der Waals surface area contributed by atoms with Crippen LogP contribution in [-0.4, -0.2) is 48.5 Å². The van der Waals surface area contributed by atoms with E-state index in [2.05, 4.69) is 10.6 Å². The Hall–Kier alpha value is -2.40. The summed E-state index contributed by atoms with van der Waals surface area (Å²) < 4.78 is -0.118. The van der Waals surface area contributed by atoms with Crippen molar-refractivity contribution in [2.45, 2.75) is 28.8 Å². The molecule has 1 aromatic heterocycles. The van der Waals surface area contributed by atoms with Gasteiger partial charge in [-0.25, -0.2) is 0 Å². The van der Waals surface area contributed by atoms with Gasteiger partial charge in [0, 0.05) is 55.0 Å². The highest BCUT2D eigenvalue weighted by molar-refractivity contribution is 7.80. The number of likely N-dealkylation sites (tertiary alicyclic amines) is 1. The number of carbonyl (C=O) groups excluding carboxylic acids is 1. The number of piperidine rings is 1. The number of rotatable bonds is 4. The number of thiocarbonyl (C=S) groups is 1. The number of alkyl halides is 3. The Bertz CT molecular complexity index is 1180. The van der Waals surface area contributed by atoms with Crippen LogP contribution in [0.4, 0.5) is 5.69 Å². The lowest BCUT2D eigenvalue weighted by molar-refractivity contribution is -0.384. The van der Waals surface area contributed by atoms with Crippen LogP contribution >= 0.6 is 47.0 Å². The number of hydrogen-bond acceptors (Lipinski definition) is 5. The zero-order valence-corrected chi connectivity index (χ0v) is 20.7. The van der Waals surface area contributed by atoms with E-state index in [9.17, 15) is 19.7 Å². The molecule has 0 spiro atoms. The molecule has 9 nitrogen and oxygen atoms in total. The number of benzene rings is 1. The summed E-state index contributed by atoms with van der Waals surface area (Å²) in [5.41, 5.74) is 0.979. The predicted molar refractivity (Wildman–Crippen MR) is 133 cm³/mol. The average molecular weight is 545 g/mol. The van der Waals surface area contributed by atoms with Crippen molar-refractivity contribution in [1.82, 2.24) is 20.1 Å². The molecule has 1 amide bonds. The number of pyridine rings is 1. The topological polar surface area (TPSA) is 110 Å². The first kappa shape index (κ1) is 24.7. The number of nitrogens with zero attached hydrogens (tertiary/aromatic N) is 3. The molecule has 2 bridgehead atoms. The Labute approximate surface area is 215 Å². The van der Waals surface area contributed by atoms with Gasteiger partial charge in [-0.2, -0.15) is 0 Å². The van der Waals surface area contributed by atoms with E-state index in [1.165, 1.54) is 24.3 Å². The molecule has 180 valence electrons. The van der Waals surface area contributed by atoms with Crippen molar-refractivity contribution in [2.24, 2.45) is 5.92 Å². The maximum atomic E-state index is 12.7. The standard InChI is InChI=1S/C21H20Cl3N5O4S/c22-21(23,24)19(25-18(31)13-4-6-15(7-5-13)29(32)33)26-20(34)27-9-12-8-14(11-27)16-2-1-3-17(30)28(16)10-12/h1-7,12,14,19H,8-11H2,(H,25,31)(H,26,34)/t12-,14-,19?/m1/s1. The summed E-state index contributed by atoms with van der Waals surface area (Å²) >= 11 is 23.9. The highest BCUT2D eigenvalue weighted by atomic mass is 35.6. The third-order valence-electron chi connectivity index (χ3n) is 5.98. The Kier molecular flexibility index (Phi) is 7.04. The molecule has 13 heteroatoms. The second kappa shape index (κ2) is 9.69. The number of nitro groups is 1. The SMILES string of the molecule is O=C(NC(NC(=S)N1C[C@H]2C[C@H](C1)c1cccc(=O)n1C2)C(Cl)(Cl)Cl)c1ccc([N+](=O)[O-])cc1. The maximum absolute atomic E-state index is 12.7. The number of aromatic nitrogens is 1. The van der Waals surface area contributed by atoms with Crippen molar-refractivity contribution in [2.75, 3.05) is 13.1 Å². The van der Waals surface area contributed by atoms with Crippen molar-refractivity contribution in [1.29, 1.82) is 0 Å². The van der Waals surface area contributed by atoms with E-state index in [1.54, 1.807) is 12.1 Å². The fourth-order valence-corrected chi connectivity index (χ4v) is 5.02. The lowest BCUT2D eigenvalue weighted by Gasteiger charge is -2.44. The molecule has 3 heterocycles. The van der Waals surface area contributed by atoms with Gasteiger partial charge >= 0.3 is 0 Å². The van der Waals surface area contributed by atoms with Crippen molar-refractivity contribution >= 4 is 63.7 Å². The number of nitro benzene ring substituents is 1. The molecule has 0 radical (unpaired) electrons. The second-order valence-corrected chi connectivity index (χ2v) is 11.1. The van der Waals surface area contributed by atoms with Gasteiger partial charge in [0.05, 0.1) is 4.92 Å². The summed E-state index contributed by atoms with van der Waals surface area (Å²) in [4.78, 5) is 37.1. The molecular weight excluding hydrogens is 525 g/mol. The van der Waals surface area contributed by atoms with Crippen LogP contribution in [0.5, 0.6) is 0 Å². The summed E-state index contributed by atoms with van der Waals surface area (Å²) in [7, 11) is 0. The number of halogens is 3. The van der Waals surface area contributed by atoms with E-state index in [0.717, 1.165) is 12.1 Å². The molecule has 0 aliphatic carbocycles. The Morgan fingerprint density at radius 1 is 1.12 bits per heavy atom. The van der Waals surface area contributed by atoms with Gasteiger partial charge in [-0.15, -0.1) is 0 Å². The summed E-state index contributed by atoms with van der Waals surface area (Å²) in [6.45, 7) is 1.80. The van der Waals surface area contributed by atoms with Gasteiger partial charge in [-0.3, -0.25) is 19.7 Å². The molecule has 2 aliphatic rings. The molecule has 2 aromatic rings. The molecule has 2 aliphatic heterocycles. The van der Waals surface area contributed by atoms with Gasteiger partial charge in [0.25, 0.3) is 17.2 Å². The fourth-order valence-electron chi connectivity index (χ4n) is 4.43. The average Bonchev–Trinajstić information content (AvgIpc) is 2.78. The third-order valence-corrected chi connectivity index (χ3v) is 7.01. The van der Waals surface area contributed by atoms with Crippen molar-refractivity contribution in [3.05, 3.63) is 74.2 Å². The smallest absolute Gasteiger partial charge is 0.269 e. The van der Waals surface area contributed by atoms with Crippen molar-refractivity contribution in [3.8, 4) is 0 Å². The highest BCUT2D eigenvalue weighted by Crippen LogP contribution is 2.35. The monoisotopic (exact) mass is 543 g/mol. The summed E-state index contributed by atoms with van der Waals surface area (Å²) in [5, 5.41) is 16.7. The Morgan fingerprint density at radius 3 is 2.47 bits per heavy atom. The minimum Gasteiger partial charge on any atom is -0.348 e. The number of nitrogens with one attached hydrogen (secondary N) is 2. The van der Waals surface area contributed by atoms with Crippen LogP contribution in [0.2, 0.25) is 0 Å². The lowest BCUT2D eigenvalue weighted by atomic mass is 9.83. The van der Waals surface area contributed by atoms with E-state index in [0.29, 0.717) is 24.7 Å². The first-order valence-corrected chi connectivity index (χ1v) is 11.9. The zero-order valence-electron chi connectivity index (χ0n) is 17.6. The van der Waals surface area contributed by atoms with Crippen LogP contribution in [0.15, 0.2) is 47.3 Å². The van der Waals surface area contributed by atoms with Crippen LogP contribution in [0.3, 0.4) is 0 Å². The molecule has 2 N–H and O–H groups in total. The van der Waals surface area contributed by atoms with Crippen LogP contribution in [0.25, 0.3) is 0 Å². The third kappa shape index (κ3) is 5.30. The predicted octanol–water partition coefficient (Wildman–Crippen LogP) is 3.18. The molecule has 1 saturated heterocycles. The molecular formula is C21H20Cl3N5O4S. The van der Waals surface area contributed by atoms with E-state index in [1.807, 2.05) is 15.5 Å². The van der Waals surface area contributed by atoms with E-state index in [4.69, 9.17) is 47.0 Å². The zero-order chi connectivity index (χ0) is 24.6. The van der Waals surface area contributed by atoms with Gasteiger partial charge in [-0.1, -0.05) is 40.9 Å². The number of hydrogen-bond donors (Lipinski definition) is 2. The quantitative estimate of drug-likeness (QED) is 0.200. The molecule has 1 fully saturated rings. The van der Waals surface area contributed by atoms with Gasteiger partial charge in [0.15, 0.2) is 5.11 Å². The Balaban J connectivity index is 1.46. The lowest BCUT2D eigenvalue weighted by Crippen LogP contribution is -2.60. The summed E-state index contributed by atoms with van der Waals surface area (Å²) in [6.07, 6.45) is -0.211. The number of amides is 1. The fraction of sp³-hybridized carbons (Fsp3) is 0.381. The summed E-state index contributed by atoms with van der Waals surface area (Å²) in [6, 6.07) is 10.3. The molecule has 34 heavy (non-hydrogen) atoms. The van der Waals surface area contributed by atoms with Crippen LogP contribution < -0.4 is 16.2 Å². The highest BCUT2D eigenvalue weighted by Gasteiger charge is 2.39. The second-order valence-electron chi connectivity index (χ2n) is 8.30. The molecule has 4 rings (SSSR count). The van der Waals surface area contributed by atoms with Gasteiger partial charge in [-0.05, 0) is 42.8 Å². The largest absolute Gasteiger partial charge is 0.348 e. The van der Waals surface area contributed by atoms with E-state index < -0.39 is 20.8 Å². The van der Waals surface area contributed by atoms with Gasteiger partial charge in [0.1, 0.15) is 6.17 Å². The molecule has 3 atom stereocenters.